The van der Waals surface area contributed by atoms with Crippen molar-refractivity contribution in [3.63, 3.8) is 0 Å². The molecule has 6 heteroatoms. The molecule has 1 aromatic heterocycles. The van der Waals surface area contributed by atoms with Gasteiger partial charge in [-0.1, -0.05) is 6.07 Å². The molecule has 2 aromatic carbocycles. The number of nitrogens with zero attached hydrogens (tertiary/aromatic N) is 2. The van der Waals surface area contributed by atoms with Crippen molar-refractivity contribution in [2.24, 2.45) is 5.10 Å². The molecule has 0 bridgehead atoms. The van der Waals surface area contributed by atoms with Gasteiger partial charge >= 0.3 is 0 Å². The quantitative estimate of drug-likeness (QED) is 0.557. The molecular weight excluding hydrogens is 366 g/mol. The maximum atomic E-state index is 14.4. The van der Waals surface area contributed by atoms with E-state index in [1.54, 1.807) is 16.3 Å². The SMILES string of the molecule is CCOc1ccc(C2=NN(c3ccc(F)cc3F)[C@H](c3cccs3)C2)cc1. The summed E-state index contributed by atoms with van der Waals surface area (Å²) >= 11 is 1.60. The number of thiophene rings is 1. The van der Waals surface area contributed by atoms with Crippen molar-refractivity contribution < 1.29 is 13.5 Å². The summed E-state index contributed by atoms with van der Waals surface area (Å²) < 4.78 is 33.3. The first-order chi connectivity index (χ1) is 13.2. The van der Waals surface area contributed by atoms with Gasteiger partial charge in [0.25, 0.3) is 0 Å². The summed E-state index contributed by atoms with van der Waals surface area (Å²) in [5.41, 5.74) is 2.10. The van der Waals surface area contributed by atoms with Crippen molar-refractivity contribution in [1.29, 1.82) is 0 Å². The molecule has 0 saturated heterocycles. The number of benzene rings is 2. The molecule has 0 radical (unpaired) electrons. The van der Waals surface area contributed by atoms with E-state index in [9.17, 15) is 8.78 Å². The lowest BCUT2D eigenvalue weighted by Crippen LogP contribution is -2.18. The first-order valence-electron chi connectivity index (χ1n) is 8.74. The Kier molecular flexibility index (Phi) is 4.90. The van der Waals surface area contributed by atoms with Gasteiger partial charge in [-0.3, -0.25) is 5.01 Å². The fraction of sp³-hybridized carbons (Fsp3) is 0.190. The fourth-order valence-corrected chi connectivity index (χ4v) is 4.00. The van der Waals surface area contributed by atoms with Gasteiger partial charge < -0.3 is 4.74 Å². The summed E-state index contributed by atoms with van der Waals surface area (Å²) in [6, 6.07) is 15.2. The van der Waals surface area contributed by atoms with Crippen LogP contribution in [0.5, 0.6) is 5.75 Å². The van der Waals surface area contributed by atoms with Crippen LogP contribution in [0.4, 0.5) is 14.5 Å². The lowest BCUT2D eigenvalue weighted by Gasteiger charge is -2.23. The van der Waals surface area contributed by atoms with Crippen LogP contribution < -0.4 is 9.75 Å². The lowest BCUT2D eigenvalue weighted by molar-refractivity contribution is 0.340. The zero-order valence-electron chi connectivity index (χ0n) is 14.7. The second-order valence-electron chi connectivity index (χ2n) is 6.18. The van der Waals surface area contributed by atoms with Crippen molar-refractivity contribution in [2.75, 3.05) is 11.6 Å². The summed E-state index contributed by atoms with van der Waals surface area (Å²) in [5.74, 6) is -0.414. The number of anilines is 1. The van der Waals surface area contributed by atoms with Crippen molar-refractivity contribution in [2.45, 2.75) is 19.4 Å². The zero-order chi connectivity index (χ0) is 18.8. The minimum Gasteiger partial charge on any atom is -0.494 e. The Bertz CT molecular complexity index is 955. The van der Waals surface area contributed by atoms with Crippen LogP contribution in [-0.2, 0) is 0 Å². The Labute approximate surface area is 160 Å². The first kappa shape index (κ1) is 17.7. The average molecular weight is 384 g/mol. The van der Waals surface area contributed by atoms with Gasteiger partial charge in [0.2, 0.25) is 0 Å². The third kappa shape index (κ3) is 3.57. The molecule has 3 aromatic rings. The van der Waals surface area contributed by atoms with Crippen LogP contribution in [0.2, 0.25) is 0 Å². The van der Waals surface area contributed by atoms with E-state index in [1.807, 2.05) is 48.7 Å². The molecule has 0 saturated carbocycles. The van der Waals surface area contributed by atoms with E-state index in [1.165, 1.54) is 12.1 Å². The fourth-order valence-electron chi connectivity index (χ4n) is 3.19. The van der Waals surface area contributed by atoms with Crippen LogP contribution in [0.25, 0.3) is 0 Å². The lowest BCUT2D eigenvalue weighted by atomic mass is 10.0. The molecule has 0 N–H and O–H groups in total. The predicted molar refractivity (Wildman–Crippen MR) is 105 cm³/mol. The number of halogens is 2. The maximum absolute atomic E-state index is 14.4. The summed E-state index contributed by atoms with van der Waals surface area (Å²) in [7, 11) is 0. The summed E-state index contributed by atoms with van der Waals surface area (Å²) in [6.45, 7) is 2.55. The summed E-state index contributed by atoms with van der Waals surface area (Å²) in [5, 5.41) is 8.33. The van der Waals surface area contributed by atoms with Gasteiger partial charge in [0.15, 0.2) is 5.82 Å². The van der Waals surface area contributed by atoms with Crippen molar-refractivity contribution in [1.82, 2.24) is 0 Å². The van der Waals surface area contributed by atoms with Crippen LogP contribution in [0.3, 0.4) is 0 Å². The third-order valence-corrected chi connectivity index (χ3v) is 5.41. The molecule has 0 aliphatic carbocycles. The second-order valence-corrected chi connectivity index (χ2v) is 7.16. The van der Waals surface area contributed by atoms with E-state index < -0.39 is 11.6 Å². The molecule has 1 aliphatic rings. The first-order valence-corrected chi connectivity index (χ1v) is 9.62. The van der Waals surface area contributed by atoms with Gasteiger partial charge in [0, 0.05) is 17.4 Å². The Morgan fingerprint density at radius 1 is 1.15 bits per heavy atom. The Balaban J connectivity index is 1.71. The smallest absolute Gasteiger partial charge is 0.151 e. The minimum atomic E-state index is -0.617. The molecule has 1 aliphatic heterocycles. The Morgan fingerprint density at radius 2 is 1.96 bits per heavy atom. The second kappa shape index (κ2) is 7.48. The van der Waals surface area contributed by atoms with Crippen molar-refractivity contribution in [3.8, 4) is 5.75 Å². The molecule has 0 unspecified atom stereocenters. The van der Waals surface area contributed by atoms with Crippen LogP contribution >= 0.6 is 11.3 Å². The Morgan fingerprint density at radius 3 is 2.63 bits per heavy atom. The molecule has 0 fully saturated rings. The number of ether oxygens (including phenoxy) is 1. The van der Waals surface area contributed by atoms with E-state index in [2.05, 4.69) is 5.10 Å². The van der Waals surface area contributed by atoms with Gasteiger partial charge in [-0.15, -0.1) is 11.3 Å². The van der Waals surface area contributed by atoms with Crippen LogP contribution in [0, 0.1) is 11.6 Å². The van der Waals surface area contributed by atoms with Crippen LogP contribution in [0.15, 0.2) is 65.1 Å². The molecule has 0 spiro atoms. The van der Waals surface area contributed by atoms with Crippen LogP contribution in [0.1, 0.15) is 29.8 Å². The van der Waals surface area contributed by atoms with Gasteiger partial charge in [-0.2, -0.15) is 5.10 Å². The van der Waals surface area contributed by atoms with Crippen molar-refractivity contribution in [3.05, 3.63) is 82.1 Å². The highest BCUT2D eigenvalue weighted by Crippen LogP contribution is 2.39. The predicted octanol–water partition coefficient (Wildman–Crippen LogP) is 5.78. The van der Waals surface area contributed by atoms with Gasteiger partial charge in [-0.25, -0.2) is 8.78 Å². The van der Waals surface area contributed by atoms with E-state index >= 15 is 0 Å². The van der Waals surface area contributed by atoms with E-state index in [-0.39, 0.29) is 11.7 Å². The summed E-state index contributed by atoms with van der Waals surface area (Å²) in [4.78, 5) is 1.09. The van der Waals surface area contributed by atoms with Crippen LogP contribution in [-0.4, -0.2) is 12.3 Å². The third-order valence-electron chi connectivity index (χ3n) is 4.44. The maximum Gasteiger partial charge on any atom is 0.151 e. The largest absolute Gasteiger partial charge is 0.494 e. The number of hydrazone groups is 1. The van der Waals surface area contributed by atoms with E-state index in [0.29, 0.717) is 13.0 Å². The molecular formula is C21H18F2N2OS. The van der Waals surface area contributed by atoms with Gasteiger partial charge in [0.1, 0.15) is 11.6 Å². The average Bonchev–Trinajstić information content (AvgIpc) is 3.32. The molecule has 1 atom stereocenters. The minimum absolute atomic E-state index is 0.119. The zero-order valence-corrected chi connectivity index (χ0v) is 15.5. The number of hydrogen-bond donors (Lipinski definition) is 0. The topological polar surface area (TPSA) is 24.8 Å². The molecule has 2 heterocycles. The normalized spacial score (nSPS) is 16.5. The highest BCUT2D eigenvalue weighted by Gasteiger charge is 2.32. The number of rotatable bonds is 5. The molecule has 3 nitrogen and oxygen atoms in total. The van der Waals surface area contributed by atoms with Crippen molar-refractivity contribution >= 4 is 22.7 Å². The van der Waals surface area contributed by atoms with E-state index in [0.717, 1.165) is 28.0 Å². The highest BCUT2D eigenvalue weighted by atomic mass is 32.1. The summed E-state index contributed by atoms with van der Waals surface area (Å²) in [6.07, 6.45) is 0.644. The monoisotopic (exact) mass is 384 g/mol. The van der Waals surface area contributed by atoms with E-state index in [4.69, 9.17) is 4.74 Å². The number of hydrogen-bond acceptors (Lipinski definition) is 4. The highest BCUT2D eigenvalue weighted by molar-refractivity contribution is 7.10. The molecule has 4 rings (SSSR count). The molecule has 138 valence electrons. The molecule has 0 amide bonds. The standard InChI is InChI=1S/C21H18F2N2OS/c1-2-26-16-8-5-14(6-9-16)18-13-20(21-4-3-11-27-21)25(24-18)19-10-7-15(22)12-17(19)23/h3-12,20H,2,13H2,1H3/t20-/m0/s1. The van der Waals surface area contributed by atoms with Gasteiger partial charge in [-0.05, 0) is 60.3 Å². The molecule has 27 heavy (non-hydrogen) atoms. The van der Waals surface area contributed by atoms with Gasteiger partial charge in [0.05, 0.1) is 24.0 Å². The Hall–Kier alpha value is -2.73.